The van der Waals surface area contributed by atoms with Crippen molar-refractivity contribution in [2.45, 2.75) is 84.7 Å². The highest BCUT2D eigenvalue weighted by Crippen LogP contribution is 2.42. The molecule has 1 fully saturated rings. The lowest BCUT2D eigenvalue weighted by atomic mass is 9.75. The lowest BCUT2D eigenvalue weighted by Gasteiger charge is -2.36. The molecule has 186 valence electrons. The summed E-state index contributed by atoms with van der Waals surface area (Å²) < 4.78 is 22.4. The van der Waals surface area contributed by atoms with E-state index >= 15 is 0 Å². The fraction of sp³-hybridized carbons (Fsp3) is 0.615. The summed E-state index contributed by atoms with van der Waals surface area (Å²) >= 11 is 0. The third-order valence-electron chi connectivity index (χ3n) is 7.10. The van der Waals surface area contributed by atoms with Crippen LogP contribution in [0.3, 0.4) is 0 Å². The lowest BCUT2D eigenvalue weighted by molar-refractivity contribution is -0.0358. The van der Waals surface area contributed by atoms with Gasteiger partial charge in [0.25, 0.3) is 0 Å². The Morgan fingerprint density at radius 2 is 2.00 bits per heavy atom. The fourth-order valence-electron chi connectivity index (χ4n) is 5.06. The smallest absolute Gasteiger partial charge is 0.507 e. The molecule has 0 amide bonds. The molecule has 4 atom stereocenters. The first-order valence-corrected chi connectivity index (χ1v) is 12.0. The minimum absolute atomic E-state index is 0.0287. The Kier molecular flexibility index (Phi) is 6.55. The Labute approximate surface area is 198 Å². The van der Waals surface area contributed by atoms with Crippen molar-refractivity contribution in [3.05, 3.63) is 33.7 Å². The topological polar surface area (TPSA) is 115 Å². The molecule has 34 heavy (non-hydrogen) atoms. The highest BCUT2D eigenvalue weighted by Gasteiger charge is 2.37. The number of hydrogen-bond donors (Lipinski definition) is 2. The average Bonchev–Trinajstić information content (AvgIpc) is 3.17. The van der Waals surface area contributed by atoms with Crippen LogP contribution < -0.4 is 10.2 Å². The van der Waals surface area contributed by atoms with Gasteiger partial charge in [0.1, 0.15) is 40.4 Å². The van der Waals surface area contributed by atoms with Crippen molar-refractivity contribution in [2.24, 2.45) is 17.8 Å². The van der Waals surface area contributed by atoms with Gasteiger partial charge in [-0.25, -0.2) is 4.79 Å². The van der Waals surface area contributed by atoms with E-state index in [1.807, 2.05) is 0 Å². The number of carbonyl (C=O) groups is 1. The molecule has 2 aromatic rings. The van der Waals surface area contributed by atoms with E-state index < -0.39 is 23.3 Å². The summed E-state index contributed by atoms with van der Waals surface area (Å²) in [6.45, 7) is 9.38. The van der Waals surface area contributed by atoms with Crippen molar-refractivity contribution in [1.29, 1.82) is 0 Å². The quantitative estimate of drug-likeness (QED) is 0.600. The molecule has 1 saturated carbocycles. The number of benzene rings is 1. The summed E-state index contributed by atoms with van der Waals surface area (Å²) in [5.74, 6) is 1.44. The molecular weight excluding hydrogens is 440 g/mol. The van der Waals surface area contributed by atoms with Crippen molar-refractivity contribution in [2.75, 3.05) is 0 Å². The Morgan fingerprint density at radius 3 is 2.68 bits per heavy atom. The van der Waals surface area contributed by atoms with Gasteiger partial charge in [-0.3, -0.25) is 4.79 Å². The predicted octanol–water partition coefficient (Wildman–Crippen LogP) is 4.69. The van der Waals surface area contributed by atoms with Gasteiger partial charge in [-0.2, -0.15) is 0 Å². The normalized spacial score (nSPS) is 24.7. The molecule has 2 heterocycles. The first-order chi connectivity index (χ1) is 15.9. The number of hydrogen-bond acceptors (Lipinski definition) is 8. The fourth-order valence-corrected chi connectivity index (χ4v) is 5.06. The molecular formula is C26H34O8. The summed E-state index contributed by atoms with van der Waals surface area (Å²) in [5, 5.41) is 21.0. The first kappa shape index (κ1) is 24.4. The predicted molar refractivity (Wildman–Crippen MR) is 125 cm³/mol. The van der Waals surface area contributed by atoms with Crippen molar-refractivity contribution in [3.8, 4) is 11.5 Å². The number of phenols is 1. The summed E-state index contributed by atoms with van der Waals surface area (Å²) in [7, 11) is 0. The maximum atomic E-state index is 12.7. The van der Waals surface area contributed by atoms with Gasteiger partial charge in [-0.05, 0) is 44.4 Å². The molecule has 8 nitrogen and oxygen atoms in total. The number of fused-ring (bicyclic) bond motifs is 2. The molecule has 8 heteroatoms. The molecule has 0 saturated heterocycles. The minimum Gasteiger partial charge on any atom is -0.507 e. The van der Waals surface area contributed by atoms with Crippen LogP contribution in [-0.2, 0) is 22.5 Å². The number of phenolic OH excluding ortho intramolecular Hbond substituents is 1. The Bertz CT molecular complexity index is 1130. The number of carbonyl (C=O) groups excluding carboxylic acids is 1. The number of aromatic hydroxyl groups is 1. The zero-order valence-electron chi connectivity index (χ0n) is 20.4. The summed E-state index contributed by atoms with van der Waals surface area (Å²) in [6.07, 6.45) is 1.67. The summed E-state index contributed by atoms with van der Waals surface area (Å²) in [4.78, 5) is 25.1. The van der Waals surface area contributed by atoms with Crippen molar-refractivity contribution in [1.82, 2.24) is 0 Å². The van der Waals surface area contributed by atoms with Gasteiger partial charge in [0, 0.05) is 24.1 Å². The first-order valence-electron chi connectivity index (χ1n) is 12.0. The molecule has 1 aromatic carbocycles. The standard InChI is InChI=1S/C26H34O8/c1-13(2)16-7-6-14(3)8-19(16)34-25(29)31-12-15-9-18(27)23-21(32-15)11-20-17(24(23)28)10-22(33-20)26(4,5)30/h9,11,13-14,16,19,22,28,30H,6-8,10,12H2,1-5H3/t14-,16+,19-,22?/m1/s1. The Morgan fingerprint density at radius 1 is 1.26 bits per heavy atom. The summed E-state index contributed by atoms with van der Waals surface area (Å²) in [6, 6.07) is 2.72. The average molecular weight is 475 g/mol. The van der Waals surface area contributed by atoms with Gasteiger partial charge in [0.05, 0.1) is 5.60 Å². The van der Waals surface area contributed by atoms with E-state index in [4.69, 9.17) is 18.6 Å². The van der Waals surface area contributed by atoms with Gasteiger partial charge in [0.15, 0.2) is 12.0 Å². The van der Waals surface area contributed by atoms with Crippen LogP contribution >= 0.6 is 0 Å². The number of rotatable bonds is 5. The van der Waals surface area contributed by atoms with Gasteiger partial charge >= 0.3 is 6.16 Å². The molecule has 1 aliphatic heterocycles. The van der Waals surface area contributed by atoms with Crippen LogP contribution in [0.1, 0.15) is 65.2 Å². The highest BCUT2D eigenvalue weighted by atomic mass is 16.7. The third kappa shape index (κ3) is 4.87. The lowest BCUT2D eigenvalue weighted by Crippen LogP contribution is -2.39. The maximum Gasteiger partial charge on any atom is 0.509 e. The van der Waals surface area contributed by atoms with Gasteiger partial charge in [-0.1, -0.05) is 27.2 Å². The van der Waals surface area contributed by atoms with Crippen LogP contribution in [0.15, 0.2) is 21.3 Å². The molecule has 2 aliphatic rings. The SMILES string of the molecule is CC(C)[C@@H]1CC[C@@H](C)C[C@H]1OC(=O)OCc1cc(=O)c2c(O)c3c(cc2o1)OC(C(C)(C)O)C3. The Balaban J connectivity index is 1.49. The number of aliphatic hydroxyl groups is 1. The van der Waals surface area contributed by atoms with Gasteiger partial charge in [-0.15, -0.1) is 0 Å². The van der Waals surface area contributed by atoms with E-state index in [2.05, 4.69) is 20.8 Å². The molecule has 0 radical (unpaired) electrons. The van der Waals surface area contributed by atoms with E-state index in [1.54, 1.807) is 13.8 Å². The van der Waals surface area contributed by atoms with Gasteiger partial charge in [0.2, 0.25) is 0 Å². The monoisotopic (exact) mass is 474 g/mol. The van der Waals surface area contributed by atoms with Crippen molar-refractivity contribution in [3.63, 3.8) is 0 Å². The zero-order chi connectivity index (χ0) is 24.8. The largest absolute Gasteiger partial charge is 0.509 e. The van der Waals surface area contributed by atoms with Crippen LogP contribution in [0, 0.1) is 17.8 Å². The highest BCUT2D eigenvalue weighted by molar-refractivity contribution is 5.87. The minimum atomic E-state index is -1.13. The van der Waals surface area contributed by atoms with E-state index in [0.29, 0.717) is 29.1 Å². The second-order valence-corrected chi connectivity index (χ2v) is 10.6. The molecule has 1 unspecified atom stereocenters. The van der Waals surface area contributed by atoms with Crippen LogP contribution in [0.25, 0.3) is 11.0 Å². The molecule has 2 N–H and O–H groups in total. The molecule has 0 spiro atoms. The summed E-state index contributed by atoms with van der Waals surface area (Å²) in [5.41, 5.74) is -1.01. The van der Waals surface area contributed by atoms with Crippen molar-refractivity contribution >= 4 is 17.1 Å². The van der Waals surface area contributed by atoms with E-state index in [1.165, 1.54) is 12.1 Å². The molecule has 0 bridgehead atoms. The van der Waals surface area contributed by atoms with E-state index in [-0.39, 0.29) is 41.6 Å². The van der Waals surface area contributed by atoms with Crippen LogP contribution in [0.4, 0.5) is 4.79 Å². The third-order valence-corrected chi connectivity index (χ3v) is 7.10. The Hall–Kier alpha value is -2.74. The molecule has 1 aliphatic carbocycles. The van der Waals surface area contributed by atoms with Crippen molar-refractivity contribution < 1.29 is 33.6 Å². The van der Waals surface area contributed by atoms with Gasteiger partial charge < -0.3 is 28.8 Å². The second kappa shape index (κ2) is 9.13. The number of ether oxygens (including phenoxy) is 3. The second-order valence-electron chi connectivity index (χ2n) is 10.6. The van der Waals surface area contributed by atoms with E-state index in [0.717, 1.165) is 19.3 Å². The van der Waals surface area contributed by atoms with Crippen LogP contribution in [0.2, 0.25) is 0 Å². The maximum absolute atomic E-state index is 12.7. The molecule has 1 aromatic heterocycles. The molecule has 4 rings (SSSR count). The van der Waals surface area contributed by atoms with E-state index in [9.17, 15) is 19.8 Å². The van der Waals surface area contributed by atoms with Crippen LogP contribution in [0.5, 0.6) is 11.5 Å². The van der Waals surface area contributed by atoms with Crippen LogP contribution in [-0.4, -0.2) is 34.2 Å². The zero-order valence-corrected chi connectivity index (χ0v) is 20.4.